The summed E-state index contributed by atoms with van der Waals surface area (Å²) in [5, 5.41) is 3.27. The molecule has 0 heterocycles. The Kier molecular flexibility index (Phi) is 81.3. The van der Waals surface area contributed by atoms with Crippen LogP contribution in [0.25, 0.3) is 0 Å². The van der Waals surface area contributed by atoms with Crippen LogP contribution in [0.1, 0.15) is 51.4 Å². The fraction of sp³-hybridized carbons (Fsp3) is 0.409. The van der Waals surface area contributed by atoms with E-state index in [4.69, 9.17) is 97.3 Å². The Morgan fingerprint density at radius 3 is 0.645 bits per heavy atom. The molecule has 0 aromatic heterocycles. The summed E-state index contributed by atoms with van der Waals surface area (Å²) in [5.41, 5.74) is 22.6. The van der Waals surface area contributed by atoms with Gasteiger partial charge in [0, 0.05) is 58.3 Å². The zero-order chi connectivity index (χ0) is 61.2. The van der Waals surface area contributed by atoms with Crippen LogP contribution in [0.2, 0.25) is 0 Å². The number of alkyl halides is 4. The Morgan fingerprint density at radius 1 is 0.408 bits per heavy atom. The van der Waals surface area contributed by atoms with Gasteiger partial charge in [0.05, 0.1) is 10.7 Å². The van der Waals surface area contributed by atoms with Crippen molar-refractivity contribution in [1.82, 2.24) is 0 Å². The molecule has 32 heteroatoms. The maximum atomic E-state index is 9.87. The molecule has 76 heavy (non-hydrogen) atoms. The number of rotatable bonds is 10. The number of halogens is 16. The van der Waals surface area contributed by atoms with Crippen molar-refractivity contribution in [2.75, 3.05) is 35.3 Å². The van der Waals surface area contributed by atoms with Crippen LogP contribution in [-0.2, 0) is 62.1 Å². The van der Waals surface area contributed by atoms with E-state index in [0.717, 1.165) is 50.3 Å². The smallest absolute Gasteiger partial charge is 0 e. The molecule has 0 amide bonds. The second-order valence-corrected chi connectivity index (χ2v) is 23.1. The zero-order valence-corrected chi connectivity index (χ0v) is 49.4. The minimum atomic E-state index is -10.7. The van der Waals surface area contributed by atoms with E-state index in [9.17, 15) is 50.4 Å². The molecule has 8 N–H and O–H groups in total. The number of allylic oxidation sites excluding steroid dienone is 4. The molecule has 2 aromatic carbocycles. The summed E-state index contributed by atoms with van der Waals surface area (Å²) in [5.74, 6) is 0. The van der Waals surface area contributed by atoms with Crippen molar-refractivity contribution in [2.24, 2.45) is 22.9 Å². The topological polar surface area (TPSA) is 223 Å². The third-order valence-electron chi connectivity index (χ3n) is 7.39. The third kappa shape index (κ3) is 116. The first-order valence-electron chi connectivity index (χ1n) is 19.8. The molecule has 442 valence electrons. The van der Waals surface area contributed by atoms with Crippen LogP contribution in [0.15, 0.2) is 111 Å². The monoisotopic (exact) mass is 1340 g/mol. The fourth-order valence-corrected chi connectivity index (χ4v) is 8.42. The van der Waals surface area contributed by atoms with Crippen molar-refractivity contribution in [3.05, 3.63) is 151 Å². The molecular weight excluding hydrogens is 1280 g/mol. The predicted octanol–water partition coefficient (Wildman–Crippen LogP) is 16.1. The van der Waals surface area contributed by atoms with Crippen LogP contribution in [-0.4, -0.2) is 59.5 Å². The Labute approximate surface area is 482 Å². The summed E-state index contributed by atoms with van der Waals surface area (Å²) in [4.78, 5) is 0. The average molecular weight is 1350 g/mol. The molecule has 0 bridgehead atoms. The second-order valence-electron chi connectivity index (χ2n) is 13.0. The van der Waals surface area contributed by atoms with E-state index < -0.39 is 15.6 Å². The van der Waals surface area contributed by atoms with Gasteiger partial charge in [0.25, 0.3) is 0 Å². The molecule has 10 nitrogen and oxygen atoms in total. The largest absolute Gasteiger partial charge is 0 e. The summed E-state index contributed by atoms with van der Waals surface area (Å²) >= 11 is 19.1. The fourth-order valence-electron chi connectivity index (χ4n) is 4.85. The molecule has 4 atom stereocenters. The van der Waals surface area contributed by atoms with Crippen LogP contribution >= 0.6 is 77.9 Å². The quantitative estimate of drug-likeness (QED) is 0.0346. The molecule has 2 fully saturated rings. The van der Waals surface area contributed by atoms with Gasteiger partial charge in [-0.15, -0.1) is 72.7 Å². The Hall–Kier alpha value is -1.24. The SMILES string of the molecule is C=CCP(CC=C)c1ccccc1.C=CCP(CC=C)c1ccccc1.ClCCl.ClCCl.F[P-](F)(F)(F)(F)F.F[P-](F)(F)(F)(F)F.N[C@@H]1CCCC[C@@H]1N.N[C@@H]1CCCC[C@@H]1N.[C-]#[O+].[C-]#[O+].[C-]#[O+].[C-]#[O+].[C-]#[O+].[C-]#[O+].[Mn].[Mn]. The van der Waals surface area contributed by atoms with Crippen molar-refractivity contribution in [3.8, 4) is 0 Å². The average Bonchev–Trinajstić information content (AvgIpc) is 3.34. The van der Waals surface area contributed by atoms with Gasteiger partial charge in [0.2, 0.25) is 0 Å². The molecule has 2 aliphatic rings. The van der Waals surface area contributed by atoms with Gasteiger partial charge in [-0.05, 0) is 60.9 Å². The number of nitrogens with two attached hydrogens (primary N) is 4. The van der Waals surface area contributed by atoms with Gasteiger partial charge in [-0.25, -0.2) is 0 Å². The first-order valence-corrected chi connectivity index (χ1v) is 29.4. The van der Waals surface area contributed by atoms with Crippen molar-refractivity contribution >= 4 is 88.5 Å². The molecular formula is C44H62Cl4F12Mn2N4O6P4-2. The Balaban J connectivity index is -0.0000000613. The van der Waals surface area contributed by atoms with E-state index in [0.29, 0.717) is 0 Å². The van der Waals surface area contributed by atoms with Gasteiger partial charge >= 0.3 is 134 Å². The molecule has 0 saturated heterocycles. The Morgan fingerprint density at radius 2 is 0.539 bits per heavy atom. The van der Waals surface area contributed by atoms with E-state index in [1.807, 2.05) is 24.3 Å². The first kappa shape index (κ1) is 103. The van der Waals surface area contributed by atoms with Gasteiger partial charge in [0.1, 0.15) is 0 Å². The summed E-state index contributed by atoms with van der Waals surface area (Å²) in [7, 11) is -21.5. The van der Waals surface area contributed by atoms with Crippen LogP contribution in [0.5, 0.6) is 0 Å². The molecule has 2 aliphatic carbocycles. The van der Waals surface area contributed by atoms with Crippen LogP contribution in [0.4, 0.5) is 50.4 Å². The normalized spacial score (nSPS) is 16.7. The van der Waals surface area contributed by atoms with Gasteiger partial charge in [-0.3, -0.25) is 0 Å². The van der Waals surface area contributed by atoms with Crippen molar-refractivity contribution in [1.29, 1.82) is 0 Å². The number of hydrogen-bond acceptors (Lipinski definition) is 4. The van der Waals surface area contributed by atoms with Gasteiger partial charge in [-0.1, -0.05) is 126 Å². The van der Waals surface area contributed by atoms with Gasteiger partial charge < -0.3 is 22.9 Å². The van der Waals surface area contributed by atoms with Crippen molar-refractivity contribution < 1.29 is 112 Å². The van der Waals surface area contributed by atoms with E-state index in [1.54, 1.807) is 0 Å². The van der Waals surface area contributed by atoms with Crippen molar-refractivity contribution in [3.63, 3.8) is 0 Å². The number of benzene rings is 2. The Bertz CT molecular complexity index is 1560. The first-order chi connectivity index (χ1) is 34.1. The summed E-state index contributed by atoms with van der Waals surface area (Å²) in [6.45, 7) is 42.2. The van der Waals surface area contributed by atoms with E-state index in [2.05, 4.69) is 127 Å². The summed E-state index contributed by atoms with van der Waals surface area (Å²) < 4.78 is 163. The minimum absolute atomic E-state index is 0. The third-order valence-corrected chi connectivity index (χ3v) is 12.2. The number of hydrogen-bond donors (Lipinski definition) is 4. The maximum Gasteiger partial charge on any atom is 0 e. The molecule has 2 saturated carbocycles. The summed E-state index contributed by atoms with van der Waals surface area (Å²) in [6.07, 6.45) is 22.0. The molecule has 0 unspecified atom stereocenters. The standard InChI is InChI=1S/2C12H15P.2C6H14N2.2CH2Cl2.6CO.2F6P.2Mn/c2*1-3-10-13(11-4-2)12-8-6-5-7-9-12;2*7-5-3-1-2-4-6(5)8;2*2-1-3;6*1-2;2*1-7(2,3,4,5)6;;/h2*3-9H,1-2,10-11H2;2*5-6H,1-4,7-8H2;2*1H2;;;;;;;;;;/q;;;;;;;;;;;;2*-1;;/t;;2*5-,6+;;;;;;;;;;;;. The second kappa shape index (κ2) is 59.9. The van der Waals surface area contributed by atoms with E-state index in [-0.39, 0.29) is 84.8 Å². The van der Waals surface area contributed by atoms with Gasteiger partial charge in [0.15, 0.2) is 0 Å². The molecule has 2 radical (unpaired) electrons. The van der Waals surface area contributed by atoms with Crippen LogP contribution < -0.4 is 33.5 Å². The van der Waals surface area contributed by atoms with Crippen LogP contribution in [0.3, 0.4) is 0 Å². The molecule has 2 aromatic rings. The van der Waals surface area contributed by atoms with E-state index in [1.165, 1.54) is 36.3 Å². The van der Waals surface area contributed by atoms with Crippen molar-refractivity contribution in [2.45, 2.75) is 75.5 Å². The zero-order valence-electron chi connectivity index (χ0n) is 40.5. The van der Waals surface area contributed by atoms with Gasteiger partial charge in [-0.2, -0.15) is 0 Å². The molecule has 0 spiro atoms. The van der Waals surface area contributed by atoms with E-state index >= 15 is 0 Å². The van der Waals surface area contributed by atoms with Crippen LogP contribution in [0, 0.1) is 39.9 Å². The molecule has 4 rings (SSSR count). The molecule has 0 aliphatic heterocycles. The summed E-state index contributed by atoms with van der Waals surface area (Å²) in [6, 6.07) is 22.4. The maximum absolute atomic E-state index is 10.7. The minimum Gasteiger partial charge on any atom is 0 e. The predicted molar refractivity (Wildman–Crippen MR) is 279 cm³/mol.